The molecule has 30 heavy (non-hydrogen) atoms. The molecule has 0 N–H and O–H groups in total. The Morgan fingerprint density at radius 2 is 1.30 bits per heavy atom. The summed E-state index contributed by atoms with van der Waals surface area (Å²) in [5.41, 5.74) is 3.85. The van der Waals surface area contributed by atoms with Crippen LogP contribution in [0.2, 0.25) is 0 Å². The summed E-state index contributed by atoms with van der Waals surface area (Å²) in [5, 5.41) is 0. The molecule has 0 bridgehead atoms. The molecule has 164 valence electrons. The van der Waals surface area contributed by atoms with Crippen LogP contribution in [0.1, 0.15) is 102 Å². The first-order valence-corrected chi connectivity index (χ1v) is 12.7. The van der Waals surface area contributed by atoms with Gasteiger partial charge < -0.3 is 0 Å². The summed E-state index contributed by atoms with van der Waals surface area (Å²) in [5.74, 6) is 2.80. The largest absolute Gasteiger partial charge is 0.236 e. The van der Waals surface area contributed by atoms with Crippen molar-refractivity contribution in [2.24, 2.45) is 11.8 Å². The van der Waals surface area contributed by atoms with Gasteiger partial charge in [0, 0.05) is 18.0 Å². The van der Waals surface area contributed by atoms with Gasteiger partial charge in [0.25, 0.3) is 0 Å². The summed E-state index contributed by atoms with van der Waals surface area (Å²) in [6.07, 6.45) is 22.9. The maximum absolute atomic E-state index is 4.62. The smallest absolute Gasteiger partial charge is 0.159 e. The third-order valence-corrected chi connectivity index (χ3v) is 6.99. The zero-order valence-electron chi connectivity index (χ0n) is 19.4. The van der Waals surface area contributed by atoms with Crippen LogP contribution in [0.15, 0.2) is 36.7 Å². The Kier molecular flexibility index (Phi) is 9.86. The van der Waals surface area contributed by atoms with Crippen molar-refractivity contribution in [3.05, 3.63) is 47.8 Å². The van der Waals surface area contributed by atoms with Crippen molar-refractivity contribution in [3.63, 3.8) is 0 Å². The number of aryl methyl sites for hydroxylation is 2. The Balaban J connectivity index is 1.42. The van der Waals surface area contributed by atoms with E-state index in [9.17, 15) is 0 Å². The van der Waals surface area contributed by atoms with E-state index < -0.39 is 0 Å². The predicted molar refractivity (Wildman–Crippen MR) is 129 cm³/mol. The molecule has 2 heteroatoms. The van der Waals surface area contributed by atoms with Gasteiger partial charge in [0.05, 0.1) is 0 Å². The van der Waals surface area contributed by atoms with Gasteiger partial charge in [-0.2, -0.15) is 0 Å². The molecule has 2 nitrogen and oxygen atoms in total. The fraction of sp³-hybridized carbons (Fsp3) is 0.643. The van der Waals surface area contributed by atoms with Crippen LogP contribution >= 0.6 is 0 Å². The molecule has 1 saturated carbocycles. The lowest BCUT2D eigenvalue weighted by atomic mass is 9.78. The molecule has 0 aliphatic heterocycles. The summed E-state index contributed by atoms with van der Waals surface area (Å²) < 4.78 is 0. The minimum Gasteiger partial charge on any atom is -0.236 e. The molecular weight excluding hydrogens is 364 g/mol. The Bertz CT molecular complexity index is 696. The lowest BCUT2D eigenvalue weighted by molar-refractivity contribution is 0.252. The van der Waals surface area contributed by atoms with Crippen LogP contribution in [0.25, 0.3) is 11.4 Å². The minimum atomic E-state index is 0.852. The number of hydrogen-bond donors (Lipinski definition) is 0. The van der Waals surface area contributed by atoms with E-state index in [0.717, 1.165) is 29.6 Å². The summed E-state index contributed by atoms with van der Waals surface area (Å²) in [4.78, 5) is 9.25. The molecule has 1 aliphatic carbocycles. The summed E-state index contributed by atoms with van der Waals surface area (Å²) in [6, 6.07) is 8.96. The van der Waals surface area contributed by atoms with E-state index in [2.05, 4.69) is 48.1 Å². The van der Waals surface area contributed by atoms with Gasteiger partial charge in [-0.1, -0.05) is 102 Å². The molecule has 3 rings (SSSR count). The monoisotopic (exact) mass is 406 g/mol. The van der Waals surface area contributed by atoms with Gasteiger partial charge in [0.15, 0.2) is 5.82 Å². The van der Waals surface area contributed by atoms with Crippen molar-refractivity contribution in [2.45, 2.75) is 104 Å². The van der Waals surface area contributed by atoms with E-state index in [1.54, 1.807) is 0 Å². The Labute approximate surface area is 184 Å². The topological polar surface area (TPSA) is 25.8 Å². The molecule has 1 aromatic carbocycles. The van der Waals surface area contributed by atoms with Gasteiger partial charge in [0.1, 0.15) is 0 Å². The van der Waals surface area contributed by atoms with Crippen LogP contribution in [0.5, 0.6) is 0 Å². The van der Waals surface area contributed by atoms with Crippen molar-refractivity contribution in [2.75, 3.05) is 0 Å². The fourth-order valence-corrected chi connectivity index (χ4v) is 4.97. The summed E-state index contributed by atoms with van der Waals surface area (Å²) in [6.45, 7) is 4.59. The number of rotatable bonds is 12. The van der Waals surface area contributed by atoms with Crippen LogP contribution < -0.4 is 0 Å². The van der Waals surface area contributed by atoms with E-state index in [4.69, 9.17) is 0 Å². The minimum absolute atomic E-state index is 0.852. The highest BCUT2D eigenvalue weighted by atomic mass is 14.9. The molecule has 0 radical (unpaired) electrons. The highest BCUT2D eigenvalue weighted by Gasteiger charge is 2.20. The van der Waals surface area contributed by atoms with Crippen LogP contribution in [0.4, 0.5) is 0 Å². The van der Waals surface area contributed by atoms with E-state index in [-0.39, 0.29) is 0 Å². The average Bonchev–Trinajstić information content (AvgIpc) is 2.79. The van der Waals surface area contributed by atoms with Crippen molar-refractivity contribution in [1.29, 1.82) is 0 Å². The van der Waals surface area contributed by atoms with Gasteiger partial charge in [-0.05, 0) is 48.6 Å². The normalized spacial score (nSPS) is 19.1. The SMILES string of the molecule is CCCCCCCc1cnc(-c2ccc(CCC3CCC(CCC)CC3)cc2)nc1. The van der Waals surface area contributed by atoms with Gasteiger partial charge in [-0.25, -0.2) is 9.97 Å². The zero-order chi connectivity index (χ0) is 21.0. The highest BCUT2D eigenvalue weighted by Crippen LogP contribution is 2.33. The van der Waals surface area contributed by atoms with E-state index in [0.29, 0.717) is 0 Å². The molecule has 0 amide bonds. The molecule has 1 fully saturated rings. The molecule has 0 atom stereocenters. The second kappa shape index (κ2) is 12.9. The number of benzene rings is 1. The summed E-state index contributed by atoms with van der Waals surface area (Å²) in [7, 11) is 0. The fourth-order valence-electron chi connectivity index (χ4n) is 4.97. The lowest BCUT2D eigenvalue weighted by Gasteiger charge is -2.28. The van der Waals surface area contributed by atoms with Crippen molar-refractivity contribution < 1.29 is 0 Å². The third-order valence-electron chi connectivity index (χ3n) is 6.99. The van der Waals surface area contributed by atoms with Crippen molar-refractivity contribution >= 4 is 0 Å². The number of hydrogen-bond acceptors (Lipinski definition) is 2. The number of aromatic nitrogens is 2. The summed E-state index contributed by atoms with van der Waals surface area (Å²) >= 11 is 0. The highest BCUT2D eigenvalue weighted by molar-refractivity contribution is 5.55. The molecule has 1 aliphatic rings. The van der Waals surface area contributed by atoms with E-state index in [1.165, 1.54) is 94.6 Å². The quantitative estimate of drug-likeness (QED) is 0.332. The first kappa shape index (κ1) is 23.0. The van der Waals surface area contributed by atoms with Crippen molar-refractivity contribution in [3.8, 4) is 11.4 Å². The molecule has 1 heterocycles. The van der Waals surface area contributed by atoms with Gasteiger partial charge >= 0.3 is 0 Å². The molecule has 2 aromatic rings. The first-order chi connectivity index (χ1) is 14.8. The maximum Gasteiger partial charge on any atom is 0.159 e. The number of unbranched alkanes of at least 4 members (excludes halogenated alkanes) is 4. The predicted octanol–water partition coefficient (Wildman–Crippen LogP) is 8.20. The van der Waals surface area contributed by atoms with Gasteiger partial charge in [-0.3, -0.25) is 0 Å². The van der Waals surface area contributed by atoms with Crippen LogP contribution in [0.3, 0.4) is 0 Å². The number of nitrogens with zero attached hydrogens (tertiary/aromatic N) is 2. The molecule has 0 saturated heterocycles. The lowest BCUT2D eigenvalue weighted by Crippen LogP contribution is -2.15. The Hall–Kier alpha value is -1.70. The van der Waals surface area contributed by atoms with E-state index >= 15 is 0 Å². The van der Waals surface area contributed by atoms with Gasteiger partial charge in [0.2, 0.25) is 0 Å². The van der Waals surface area contributed by atoms with E-state index in [1.807, 2.05) is 12.4 Å². The van der Waals surface area contributed by atoms with Crippen molar-refractivity contribution in [1.82, 2.24) is 9.97 Å². The molecular formula is C28H42N2. The molecule has 1 aromatic heterocycles. The molecule has 0 unspecified atom stereocenters. The van der Waals surface area contributed by atoms with Gasteiger partial charge in [-0.15, -0.1) is 0 Å². The Morgan fingerprint density at radius 1 is 0.667 bits per heavy atom. The third kappa shape index (κ3) is 7.52. The first-order valence-electron chi connectivity index (χ1n) is 12.7. The van der Waals surface area contributed by atoms with Crippen LogP contribution in [-0.4, -0.2) is 9.97 Å². The second-order valence-electron chi connectivity index (χ2n) is 9.49. The Morgan fingerprint density at radius 3 is 1.93 bits per heavy atom. The maximum atomic E-state index is 4.62. The zero-order valence-corrected chi connectivity index (χ0v) is 19.4. The van der Waals surface area contributed by atoms with Crippen LogP contribution in [0, 0.1) is 11.8 Å². The second-order valence-corrected chi connectivity index (χ2v) is 9.49. The standard InChI is InChI=1S/C28H42N2/c1-3-5-6-7-8-10-26-21-29-28(30-22-26)27-19-17-25(18-20-27)16-15-24-13-11-23(9-4-2)12-14-24/h17-24H,3-16H2,1-2H3. The molecule has 0 spiro atoms. The average molecular weight is 407 g/mol. The van der Waals surface area contributed by atoms with Crippen LogP contribution in [-0.2, 0) is 12.8 Å².